The summed E-state index contributed by atoms with van der Waals surface area (Å²) in [5.74, 6) is 0. The highest BCUT2D eigenvalue weighted by molar-refractivity contribution is 6.10. The highest BCUT2D eigenvalue weighted by Crippen LogP contribution is 2.41. The molecular weight excluding hydrogens is 749 g/mol. The molecule has 10 aromatic carbocycles. The van der Waals surface area contributed by atoms with Gasteiger partial charge in [-0.3, -0.25) is 0 Å². The third kappa shape index (κ3) is 6.94. The number of para-hydroxylation sites is 2. The predicted molar refractivity (Wildman–Crippen MR) is 263 cm³/mol. The minimum absolute atomic E-state index is 1.09. The van der Waals surface area contributed by atoms with E-state index in [0.717, 1.165) is 28.3 Å². The molecule has 62 heavy (non-hydrogen) atoms. The van der Waals surface area contributed by atoms with E-state index in [2.05, 4.69) is 264 Å². The molecule has 0 bridgehead atoms. The molecular formula is C60H42N2. The Labute approximate surface area is 362 Å². The van der Waals surface area contributed by atoms with E-state index in [1.54, 1.807) is 0 Å². The van der Waals surface area contributed by atoms with Crippen molar-refractivity contribution < 1.29 is 0 Å². The first-order valence-electron chi connectivity index (χ1n) is 21.3. The molecule has 11 rings (SSSR count). The average molecular weight is 791 g/mol. The quantitative estimate of drug-likeness (QED) is 0.141. The highest BCUT2D eigenvalue weighted by atomic mass is 15.1. The molecule has 0 fully saturated rings. The molecule has 1 heterocycles. The molecule has 0 aliphatic carbocycles. The maximum Gasteiger partial charge on any atom is 0.0541 e. The normalized spacial score (nSPS) is 11.2. The van der Waals surface area contributed by atoms with E-state index < -0.39 is 0 Å². The van der Waals surface area contributed by atoms with E-state index in [1.165, 1.54) is 71.9 Å². The van der Waals surface area contributed by atoms with Crippen molar-refractivity contribution in [3.63, 3.8) is 0 Å². The van der Waals surface area contributed by atoms with Gasteiger partial charge in [0.15, 0.2) is 0 Å². The van der Waals surface area contributed by atoms with Crippen LogP contribution in [0.1, 0.15) is 0 Å². The molecule has 0 spiro atoms. The first-order valence-corrected chi connectivity index (χ1v) is 21.3. The lowest BCUT2D eigenvalue weighted by molar-refractivity contribution is 1.18. The van der Waals surface area contributed by atoms with Crippen LogP contribution >= 0.6 is 0 Å². The topological polar surface area (TPSA) is 8.17 Å². The Balaban J connectivity index is 0.998. The second-order valence-corrected chi connectivity index (χ2v) is 15.8. The summed E-state index contributed by atoms with van der Waals surface area (Å²) >= 11 is 0. The Morgan fingerprint density at radius 3 is 1.35 bits per heavy atom. The molecule has 0 aliphatic rings. The lowest BCUT2D eigenvalue weighted by Crippen LogP contribution is -2.10. The van der Waals surface area contributed by atoms with Crippen molar-refractivity contribution in [3.8, 4) is 61.3 Å². The fraction of sp³-hybridized carbons (Fsp3) is 0. The van der Waals surface area contributed by atoms with Gasteiger partial charge in [-0.25, -0.2) is 0 Å². The summed E-state index contributed by atoms with van der Waals surface area (Å²) in [5, 5.41) is 2.48. The van der Waals surface area contributed by atoms with Crippen LogP contribution in [0.5, 0.6) is 0 Å². The summed E-state index contributed by atoms with van der Waals surface area (Å²) < 4.78 is 2.37. The molecule has 292 valence electrons. The molecule has 0 radical (unpaired) electrons. The monoisotopic (exact) mass is 790 g/mol. The number of aromatic nitrogens is 1. The summed E-state index contributed by atoms with van der Waals surface area (Å²) in [5.41, 5.74) is 18.8. The fourth-order valence-corrected chi connectivity index (χ4v) is 8.97. The Hall–Kier alpha value is -8.20. The van der Waals surface area contributed by atoms with E-state index in [1.807, 2.05) is 0 Å². The summed E-state index contributed by atoms with van der Waals surface area (Å²) in [7, 11) is 0. The standard InChI is InChI=1S/C60H42N2/c1-5-16-43(17-6-1)44-28-34-52(35-29-44)61(53-36-30-45(31-37-53)49-32-38-55(46-18-7-2-8-19-46)57(41-49)47-20-9-3-10-21-47)54-25-15-22-48(40-54)50-33-39-60-58(42-50)56-26-13-14-27-59(56)62(60)51-23-11-4-12-24-51/h1-42H. The maximum absolute atomic E-state index is 2.37. The van der Waals surface area contributed by atoms with Gasteiger partial charge in [0.05, 0.1) is 11.0 Å². The van der Waals surface area contributed by atoms with Gasteiger partial charge in [-0.2, -0.15) is 0 Å². The van der Waals surface area contributed by atoms with Gasteiger partial charge < -0.3 is 9.47 Å². The molecule has 2 nitrogen and oxygen atoms in total. The van der Waals surface area contributed by atoms with Gasteiger partial charge in [0.2, 0.25) is 0 Å². The predicted octanol–water partition coefficient (Wildman–Crippen LogP) is 16.6. The largest absolute Gasteiger partial charge is 0.310 e. The van der Waals surface area contributed by atoms with Crippen LogP contribution in [0.15, 0.2) is 255 Å². The minimum atomic E-state index is 1.09. The minimum Gasteiger partial charge on any atom is -0.310 e. The van der Waals surface area contributed by atoms with Crippen LogP contribution in [0.25, 0.3) is 83.1 Å². The second kappa shape index (κ2) is 16.1. The smallest absolute Gasteiger partial charge is 0.0541 e. The fourth-order valence-electron chi connectivity index (χ4n) is 8.97. The van der Waals surface area contributed by atoms with Crippen molar-refractivity contribution in [2.24, 2.45) is 0 Å². The van der Waals surface area contributed by atoms with Crippen LogP contribution in [0.3, 0.4) is 0 Å². The summed E-state index contributed by atoms with van der Waals surface area (Å²) in [6.45, 7) is 0. The summed E-state index contributed by atoms with van der Waals surface area (Å²) in [6, 6.07) is 92.0. The van der Waals surface area contributed by atoms with Crippen molar-refractivity contribution in [1.82, 2.24) is 4.57 Å². The Bertz CT molecular complexity index is 3300. The summed E-state index contributed by atoms with van der Waals surface area (Å²) in [6.07, 6.45) is 0. The first kappa shape index (κ1) is 36.8. The van der Waals surface area contributed by atoms with E-state index in [0.29, 0.717) is 0 Å². The number of fused-ring (bicyclic) bond motifs is 3. The Morgan fingerprint density at radius 2 is 0.694 bits per heavy atom. The van der Waals surface area contributed by atoms with Gasteiger partial charge in [0.25, 0.3) is 0 Å². The van der Waals surface area contributed by atoms with Crippen molar-refractivity contribution in [2.45, 2.75) is 0 Å². The van der Waals surface area contributed by atoms with Crippen molar-refractivity contribution >= 4 is 38.9 Å². The zero-order valence-corrected chi connectivity index (χ0v) is 34.1. The molecule has 0 unspecified atom stereocenters. The van der Waals surface area contributed by atoms with Crippen LogP contribution in [0.2, 0.25) is 0 Å². The van der Waals surface area contributed by atoms with Crippen LogP contribution in [0, 0.1) is 0 Å². The summed E-state index contributed by atoms with van der Waals surface area (Å²) in [4.78, 5) is 2.37. The molecule has 0 atom stereocenters. The number of benzene rings is 10. The van der Waals surface area contributed by atoms with Gasteiger partial charge >= 0.3 is 0 Å². The second-order valence-electron chi connectivity index (χ2n) is 15.8. The Kier molecular flexibility index (Phi) is 9.57. The zero-order valence-electron chi connectivity index (χ0n) is 34.1. The average Bonchev–Trinajstić information content (AvgIpc) is 3.69. The maximum atomic E-state index is 2.37. The molecule has 0 N–H and O–H groups in total. The van der Waals surface area contributed by atoms with Gasteiger partial charge in [-0.1, -0.05) is 182 Å². The van der Waals surface area contributed by atoms with E-state index in [4.69, 9.17) is 0 Å². The number of hydrogen-bond acceptors (Lipinski definition) is 1. The number of nitrogens with zero attached hydrogens (tertiary/aromatic N) is 2. The number of rotatable bonds is 9. The third-order valence-electron chi connectivity index (χ3n) is 12.0. The molecule has 1 aromatic heterocycles. The lowest BCUT2D eigenvalue weighted by Gasteiger charge is -2.26. The van der Waals surface area contributed by atoms with Crippen molar-refractivity contribution in [3.05, 3.63) is 255 Å². The molecule has 0 aliphatic heterocycles. The van der Waals surface area contributed by atoms with Crippen LogP contribution in [-0.4, -0.2) is 4.57 Å². The highest BCUT2D eigenvalue weighted by Gasteiger charge is 2.17. The SMILES string of the molecule is c1ccc(-c2ccc(N(c3ccc(-c4ccc(-c5ccccc5)c(-c5ccccc5)c4)cc3)c3cccc(-c4ccc5c(c4)c4ccccc4n5-c4ccccc4)c3)cc2)cc1. The van der Waals surface area contributed by atoms with Crippen LogP contribution in [-0.2, 0) is 0 Å². The number of hydrogen-bond donors (Lipinski definition) is 0. The number of anilines is 3. The van der Waals surface area contributed by atoms with Crippen LogP contribution in [0.4, 0.5) is 17.1 Å². The Morgan fingerprint density at radius 1 is 0.242 bits per heavy atom. The van der Waals surface area contributed by atoms with Crippen LogP contribution < -0.4 is 4.90 Å². The molecule has 0 saturated carbocycles. The van der Waals surface area contributed by atoms with Gasteiger partial charge in [-0.05, 0) is 128 Å². The third-order valence-corrected chi connectivity index (χ3v) is 12.0. The molecule has 0 saturated heterocycles. The van der Waals surface area contributed by atoms with E-state index in [9.17, 15) is 0 Å². The van der Waals surface area contributed by atoms with Crippen molar-refractivity contribution in [2.75, 3.05) is 4.90 Å². The molecule has 2 heteroatoms. The first-order chi connectivity index (χ1) is 30.7. The molecule has 0 amide bonds. The van der Waals surface area contributed by atoms with E-state index in [-0.39, 0.29) is 0 Å². The van der Waals surface area contributed by atoms with Gasteiger partial charge in [-0.15, -0.1) is 0 Å². The van der Waals surface area contributed by atoms with Gasteiger partial charge in [0.1, 0.15) is 0 Å². The lowest BCUT2D eigenvalue weighted by atomic mass is 9.91. The van der Waals surface area contributed by atoms with Crippen molar-refractivity contribution in [1.29, 1.82) is 0 Å². The van der Waals surface area contributed by atoms with E-state index >= 15 is 0 Å². The molecule has 11 aromatic rings. The zero-order chi connectivity index (χ0) is 41.2. The van der Waals surface area contributed by atoms with Gasteiger partial charge in [0, 0.05) is 33.5 Å².